The maximum atomic E-state index is 5.56. The first-order valence-corrected chi connectivity index (χ1v) is 5.67. The molecular weight excluding hydrogens is 211 g/mol. The zero-order chi connectivity index (χ0) is 11.5. The van der Waals surface area contributed by atoms with Gasteiger partial charge < -0.3 is 9.31 Å². The lowest BCUT2D eigenvalue weighted by molar-refractivity contribution is 0.159. The van der Waals surface area contributed by atoms with Crippen molar-refractivity contribution in [2.75, 3.05) is 0 Å². The number of rotatable bonds is 2. The minimum absolute atomic E-state index is 0.0569. The molecule has 1 saturated heterocycles. The van der Waals surface area contributed by atoms with Crippen LogP contribution in [0, 0.1) is 0 Å². The second kappa shape index (κ2) is 4.74. The summed E-state index contributed by atoms with van der Waals surface area (Å²) < 4.78 is 11.1. The molecule has 2 nitrogen and oxygen atoms in total. The highest BCUT2D eigenvalue weighted by atomic mass is 16.6. The fraction of sp³-hybridized carbons (Fsp3) is 0.143. The van der Waals surface area contributed by atoms with Gasteiger partial charge in [0.2, 0.25) is 0 Å². The Morgan fingerprint density at radius 1 is 0.647 bits per heavy atom. The Kier molecular flexibility index (Phi) is 2.95. The first kappa shape index (κ1) is 10.6. The van der Waals surface area contributed by atoms with Crippen molar-refractivity contribution in [2.24, 2.45) is 0 Å². The second-order valence-corrected chi connectivity index (χ2v) is 4.03. The van der Waals surface area contributed by atoms with E-state index >= 15 is 0 Å². The molecule has 0 spiro atoms. The van der Waals surface area contributed by atoms with Gasteiger partial charge >= 0.3 is 7.69 Å². The lowest BCUT2D eigenvalue weighted by Crippen LogP contribution is -2.06. The highest BCUT2D eigenvalue weighted by molar-refractivity contribution is 6.19. The zero-order valence-electron chi connectivity index (χ0n) is 9.32. The third-order valence-electron chi connectivity index (χ3n) is 2.94. The summed E-state index contributed by atoms with van der Waals surface area (Å²) in [6.45, 7) is 0. The second-order valence-electron chi connectivity index (χ2n) is 4.03. The van der Waals surface area contributed by atoms with Crippen molar-refractivity contribution in [1.82, 2.24) is 0 Å². The van der Waals surface area contributed by atoms with E-state index in [1.54, 1.807) is 0 Å². The van der Waals surface area contributed by atoms with Gasteiger partial charge in [0.05, 0.1) is 12.2 Å². The lowest BCUT2D eigenvalue weighted by Gasteiger charge is -2.19. The summed E-state index contributed by atoms with van der Waals surface area (Å²) in [7, 11) is 1.44. The van der Waals surface area contributed by atoms with Crippen molar-refractivity contribution in [1.29, 1.82) is 0 Å². The van der Waals surface area contributed by atoms with Crippen LogP contribution in [0.15, 0.2) is 60.7 Å². The molecule has 0 unspecified atom stereocenters. The van der Waals surface area contributed by atoms with E-state index in [2.05, 4.69) is 24.3 Å². The molecule has 0 amide bonds. The van der Waals surface area contributed by atoms with Gasteiger partial charge in [0.1, 0.15) is 0 Å². The Morgan fingerprint density at radius 3 is 1.47 bits per heavy atom. The van der Waals surface area contributed by atoms with Gasteiger partial charge in [-0.2, -0.15) is 0 Å². The van der Waals surface area contributed by atoms with E-state index in [0.29, 0.717) is 0 Å². The Labute approximate surface area is 101 Å². The third kappa shape index (κ3) is 2.12. The number of hydrogen-bond donors (Lipinski definition) is 0. The van der Waals surface area contributed by atoms with Crippen molar-refractivity contribution in [2.45, 2.75) is 12.2 Å². The van der Waals surface area contributed by atoms with Crippen LogP contribution in [0.25, 0.3) is 0 Å². The van der Waals surface area contributed by atoms with E-state index in [4.69, 9.17) is 9.31 Å². The van der Waals surface area contributed by atoms with Gasteiger partial charge in [-0.15, -0.1) is 0 Å². The van der Waals surface area contributed by atoms with E-state index < -0.39 is 0 Å². The largest absolute Gasteiger partial charge is 0.489 e. The quantitative estimate of drug-likeness (QED) is 0.728. The van der Waals surface area contributed by atoms with Gasteiger partial charge in [-0.1, -0.05) is 60.7 Å². The smallest absolute Gasteiger partial charge is 0.403 e. The maximum Gasteiger partial charge on any atom is 0.489 e. The molecule has 0 aromatic heterocycles. The molecule has 3 rings (SSSR count). The first-order chi connectivity index (χ1) is 8.45. The Morgan fingerprint density at radius 2 is 1.06 bits per heavy atom. The molecule has 0 saturated carbocycles. The van der Waals surface area contributed by atoms with Crippen LogP contribution in [0.3, 0.4) is 0 Å². The van der Waals surface area contributed by atoms with Crippen LogP contribution < -0.4 is 0 Å². The number of hydrogen-bond acceptors (Lipinski definition) is 2. The molecule has 1 aliphatic rings. The van der Waals surface area contributed by atoms with Gasteiger partial charge in [-0.05, 0) is 11.1 Å². The normalized spacial score (nSPS) is 23.3. The van der Waals surface area contributed by atoms with Crippen LogP contribution in [0.1, 0.15) is 23.3 Å². The monoisotopic (exact) mass is 223 g/mol. The molecular formula is C14H12BO2. The zero-order valence-corrected chi connectivity index (χ0v) is 9.32. The van der Waals surface area contributed by atoms with E-state index in [-0.39, 0.29) is 12.2 Å². The molecule has 83 valence electrons. The molecule has 0 aliphatic carbocycles. The summed E-state index contributed by atoms with van der Waals surface area (Å²) in [6.07, 6.45) is -0.114. The molecule has 0 bridgehead atoms. The minimum atomic E-state index is -0.0569. The van der Waals surface area contributed by atoms with E-state index in [9.17, 15) is 0 Å². The third-order valence-corrected chi connectivity index (χ3v) is 2.94. The van der Waals surface area contributed by atoms with Crippen LogP contribution in [-0.2, 0) is 9.31 Å². The average Bonchev–Trinajstić information content (AvgIpc) is 2.90. The summed E-state index contributed by atoms with van der Waals surface area (Å²) in [4.78, 5) is 0. The van der Waals surface area contributed by atoms with Gasteiger partial charge in [0.15, 0.2) is 0 Å². The van der Waals surface area contributed by atoms with Crippen molar-refractivity contribution in [3.8, 4) is 0 Å². The van der Waals surface area contributed by atoms with Gasteiger partial charge in [-0.25, -0.2) is 0 Å². The molecule has 1 aliphatic heterocycles. The van der Waals surface area contributed by atoms with Crippen LogP contribution in [0.4, 0.5) is 0 Å². The molecule has 0 N–H and O–H groups in total. The van der Waals surface area contributed by atoms with Crippen LogP contribution in [0.5, 0.6) is 0 Å². The fourth-order valence-corrected chi connectivity index (χ4v) is 2.09. The predicted octanol–water partition coefficient (Wildman–Crippen LogP) is 3.05. The summed E-state index contributed by atoms with van der Waals surface area (Å²) in [6, 6.07) is 20.3. The highest BCUT2D eigenvalue weighted by Gasteiger charge is 2.32. The fourth-order valence-electron chi connectivity index (χ4n) is 2.09. The lowest BCUT2D eigenvalue weighted by atomic mass is 9.99. The predicted molar refractivity (Wildman–Crippen MR) is 66.3 cm³/mol. The molecule has 1 radical (unpaired) electrons. The summed E-state index contributed by atoms with van der Waals surface area (Å²) in [5.41, 5.74) is 2.27. The SMILES string of the molecule is [B]1O[C@@H](c2ccccc2)[C@H](c2ccccc2)O1. The van der Waals surface area contributed by atoms with E-state index in [1.807, 2.05) is 36.4 Å². The molecule has 1 heterocycles. The van der Waals surface area contributed by atoms with Crippen LogP contribution in [-0.4, -0.2) is 7.69 Å². The van der Waals surface area contributed by atoms with Gasteiger partial charge in [0.25, 0.3) is 0 Å². The van der Waals surface area contributed by atoms with Gasteiger partial charge in [-0.3, -0.25) is 0 Å². The molecule has 1 fully saturated rings. The van der Waals surface area contributed by atoms with Crippen molar-refractivity contribution < 1.29 is 9.31 Å². The van der Waals surface area contributed by atoms with Crippen molar-refractivity contribution >= 4 is 7.69 Å². The first-order valence-electron chi connectivity index (χ1n) is 5.67. The summed E-state index contributed by atoms with van der Waals surface area (Å²) in [5.74, 6) is 0. The van der Waals surface area contributed by atoms with Gasteiger partial charge in [0, 0.05) is 0 Å². The minimum Gasteiger partial charge on any atom is -0.403 e. The van der Waals surface area contributed by atoms with E-state index in [0.717, 1.165) is 11.1 Å². The topological polar surface area (TPSA) is 18.5 Å². The van der Waals surface area contributed by atoms with Crippen molar-refractivity contribution in [3.63, 3.8) is 0 Å². The summed E-state index contributed by atoms with van der Waals surface area (Å²) in [5, 5.41) is 0. The van der Waals surface area contributed by atoms with E-state index in [1.165, 1.54) is 7.69 Å². The Bertz CT molecular complexity index is 427. The molecule has 17 heavy (non-hydrogen) atoms. The average molecular weight is 223 g/mol. The standard InChI is InChI=1S/C14H12BO2/c1-3-7-11(8-4-1)13-14(17-15-16-13)12-9-5-2-6-10-12/h1-10,13-14H/t13-,14-/m0/s1. The van der Waals surface area contributed by atoms with Crippen LogP contribution >= 0.6 is 0 Å². The Balaban J connectivity index is 1.91. The Hall–Kier alpha value is -1.58. The molecule has 2 atom stereocenters. The molecule has 2 aromatic rings. The van der Waals surface area contributed by atoms with Crippen molar-refractivity contribution in [3.05, 3.63) is 71.8 Å². The number of benzene rings is 2. The maximum absolute atomic E-state index is 5.56. The summed E-state index contributed by atoms with van der Waals surface area (Å²) >= 11 is 0. The highest BCUT2D eigenvalue weighted by Crippen LogP contribution is 2.38. The molecule has 3 heteroatoms. The van der Waals surface area contributed by atoms with Crippen LogP contribution in [0.2, 0.25) is 0 Å². The molecule has 2 aromatic carbocycles.